The molecular weight excluding hydrogens is 294 g/mol. The molecule has 1 N–H and O–H groups in total. The Morgan fingerprint density at radius 2 is 2.00 bits per heavy atom. The summed E-state index contributed by atoms with van der Waals surface area (Å²) >= 11 is 0. The molecule has 0 radical (unpaired) electrons. The van der Waals surface area contributed by atoms with E-state index in [0.717, 1.165) is 16.9 Å². The minimum atomic E-state index is -0.513. The van der Waals surface area contributed by atoms with Crippen LogP contribution in [0.4, 0.5) is 11.5 Å². The third kappa shape index (κ3) is 3.34. The number of rotatable bonds is 5. The molecule has 1 aromatic carbocycles. The maximum atomic E-state index is 10.6. The third-order valence-corrected chi connectivity index (χ3v) is 3.48. The Morgan fingerprint density at radius 3 is 2.57 bits per heavy atom. The van der Waals surface area contributed by atoms with E-state index in [1.54, 1.807) is 16.9 Å². The SMILES string of the molecule is C[C@@H](Nc1ccc([N+](=O)[O-])nc1)c1ccc(-n2cccn2)cc1. The second kappa shape index (κ2) is 6.27. The summed E-state index contributed by atoms with van der Waals surface area (Å²) < 4.78 is 1.79. The third-order valence-electron chi connectivity index (χ3n) is 3.48. The lowest BCUT2D eigenvalue weighted by atomic mass is 10.1. The van der Waals surface area contributed by atoms with Crippen LogP contribution >= 0.6 is 0 Å². The van der Waals surface area contributed by atoms with Crippen LogP contribution in [0.2, 0.25) is 0 Å². The Balaban J connectivity index is 1.70. The number of benzene rings is 1. The van der Waals surface area contributed by atoms with Gasteiger partial charge >= 0.3 is 5.82 Å². The molecule has 0 unspecified atom stereocenters. The quantitative estimate of drug-likeness (QED) is 0.577. The maximum absolute atomic E-state index is 10.6. The predicted octanol–water partition coefficient (Wildman–Crippen LogP) is 3.35. The molecule has 0 aliphatic heterocycles. The lowest BCUT2D eigenvalue weighted by Crippen LogP contribution is -2.07. The smallest absolute Gasteiger partial charge is 0.363 e. The summed E-state index contributed by atoms with van der Waals surface area (Å²) in [4.78, 5) is 13.9. The Bertz CT molecular complexity index is 782. The molecule has 0 aliphatic carbocycles. The van der Waals surface area contributed by atoms with Crippen LogP contribution in [0.3, 0.4) is 0 Å². The van der Waals surface area contributed by atoms with Gasteiger partial charge < -0.3 is 15.4 Å². The highest BCUT2D eigenvalue weighted by Gasteiger charge is 2.10. The van der Waals surface area contributed by atoms with Gasteiger partial charge in [0.1, 0.15) is 0 Å². The number of anilines is 1. The number of pyridine rings is 1. The molecule has 2 heterocycles. The number of nitro groups is 1. The number of nitrogens with one attached hydrogen (secondary N) is 1. The predicted molar refractivity (Wildman–Crippen MR) is 86.5 cm³/mol. The van der Waals surface area contributed by atoms with Crippen molar-refractivity contribution in [1.82, 2.24) is 14.8 Å². The molecule has 0 amide bonds. The fourth-order valence-electron chi connectivity index (χ4n) is 2.25. The first kappa shape index (κ1) is 14.7. The van der Waals surface area contributed by atoms with Crippen molar-refractivity contribution < 1.29 is 4.92 Å². The summed E-state index contributed by atoms with van der Waals surface area (Å²) in [7, 11) is 0. The molecular formula is C16H15N5O2. The second-order valence-corrected chi connectivity index (χ2v) is 5.07. The van der Waals surface area contributed by atoms with Crippen molar-refractivity contribution in [2.75, 3.05) is 5.32 Å². The van der Waals surface area contributed by atoms with Gasteiger partial charge in [-0.05, 0) is 46.7 Å². The number of nitrogens with zero attached hydrogens (tertiary/aromatic N) is 4. The van der Waals surface area contributed by atoms with Gasteiger partial charge in [-0.3, -0.25) is 0 Å². The summed E-state index contributed by atoms with van der Waals surface area (Å²) in [6.07, 6.45) is 5.09. The topological polar surface area (TPSA) is 85.9 Å². The lowest BCUT2D eigenvalue weighted by Gasteiger charge is -2.15. The summed E-state index contributed by atoms with van der Waals surface area (Å²) in [5.74, 6) is -0.160. The molecule has 116 valence electrons. The lowest BCUT2D eigenvalue weighted by molar-refractivity contribution is -0.389. The van der Waals surface area contributed by atoms with Crippen molar-refractivity contribution in [1.29, 1.82) is 0 Å². The molecule has 7 nitrogen and oxygen atoms in total. The molecule has 7 heteroatoms. The monoisotopic (exact) mass is 309 g/mol. The molecule has 0 bridgehead atoms. The minimum absolute atomic E-state index is 0.0462. The molecule has 2 aromatic heterocycles. The van der Waals surface area contributed by atoms with Gasteiger partial charge in [-0.15, -0.1) is 0 Å². The van der Waals surface area contributed by atoms with Crippen LogP contribution in [0.5, 0.6) is 0 Å². The van der Waals surface area contributed by atoms with E-state index in [1.165, 1.54) is 12.3 Å². The number of hydrogen-bond acceptors (Lipinski definition) is 5. The first-order valence-electron chi connectivity index (χ1n) is 7.10. The van der Waals surface area contributed by atoms with Crippen LogP contribution in [0.1, 0.15) is 18.5 Å². The Morgan fingerprint density at radius 1 is 1.22 bits per heavy atom. The van der Waals surface area contributed by atoms with E-state index in [-0.39, 0.29) is 11.9 Å². The standard InChI is InChI=1S/C16H15N5O2/c1-12(19-14-5-8-16(17-11-14)21(22)23)13-3-6-15(7-4-13)20-10-2-9-18-20/h2-12,19H,1H3/t12-/m1/s1. The fourth-order valence-corrected chi connectivity index (χ4v) is 2.25. The molecule has 0 spiro atoms. The minimum Gasteiger partial charge on any atom is -0.375 e. The van der Waals surface area contributed by atoms with Gasteiger partial charge in [0.05, 0.1) is 11.4 Å². The molecule has 0 fully saturated rings. The van der Waals surface area contributed by atoms with Crippen molar-refractivity contribution in [3.8, 4) is 5.69 Å². The van der Waals surface area contributed by atoms with E-state index in [1.807, 2.05) is 43.5 Å². The van der Waals surface area contributed by atoms with E-state index < -0.39 is 4.92 Å². The van der Waals surface area contributed by atoms with Crippen LogP contribution in [0.25, 0.3) is 5.69 Å². The van der Waals surface area contributed by atoms with Gasteiger partial charge in [-0.25, -0.2) is 4.68 Å². The zero-order valence-electron chi connectivity index (χ0n) is 12.5. The Labute approximate surface area is 132 Å². The van der Waals surface area contributed by atoms with Crippen molar-refractivity contribution >= 4 is 11.5 Å². The van der Waals surface area contributed by atoms with Crippen molar-refractivity contribution in [2.24, 2.45) is 0 Å². The molecule has 23 heavy (non-hydrogen) atoms. The van der Waals surface area contributed by atoms with E-state index in [2.05, 4.69) is 15.4 Å². The van der Waals surface area contributed by atoms with Gasteiger partial charge in [0.2, 0.25) is 0 Å². The first-order valence-corrected chi connectivity index (χ1v) is 7.10. The molecule has 0 aliphatic rings. The normalized spacial score (nSPS) is 11.9. The largest absolute Gasteiger partial charge is 0.375 e. The van der Waals surface area contributed by atoms with Crippen molar-refractivity contribution in [3.63, 3.8) is 0 Å². The number of aromatic nitrogens is 3. The zero-order chi connectivity index (χ0) is 16.2. The number of hydrogen-bond donors (Lipinski definition) is 1. The van der Waals surface area contributed by atoms with Gasteiger partial charge in [-0.2, -0.15) is 5.10 Å². The van der Waals surface area contributed by atoms with Crippen LogP contribution in [-0.4, -0.2) is 19.7 Å². The Hall–Kier alpha value is -3.22. The molecule has 0 saturated carbocycles. The van der Waals surface area contributed by atoms with Crippen molar-refractivity contribution in [3.05, 3.63) is 76.7 Å². The van der Waals surface area contributed by atoms with E-state index in [0.29, 0.717) is 0 Å². The first-order chi connectivity index (χ1) is 11.1. The maximum Gasteiger partial charge on any atom is 0.363 e. The van der Waals surface area contributed by atoms with Crippen LogP contribution in [0.15, 0.2) is 61.1 Å². The Kier molecular flexibility index (Phi) is 4.01. The average molecular weight is 309 g/mol. The van der Waals surface area contributed by atoms with Crippen LogP contribution in [0, 0.1) is 10.1 Å². The fraction of sp³-hybridized carbons (Fsp3) is 0.125. The second-order valence-electron chi connectivity index (χ2n) is 5.07. The molecule has 3 aromatic rings. The van der Waals surface area contributed by atoms with E-state index in [4.69, 9.17) is 0 Å². The van der Waals surface area contributed by atoms with Gasteiger partial charge in [-0.1, -0.05) is 12.1 Å². The molecule has 0 saturated heterocycles. The molecule has 3 rings (SSSR count). The zero-order valence-corrected chi connectivity index (χ0v) is 12.5. The van der Waals surface area contributed by atoms with Gasteiger partial charge in [0.15, 0.2) is 6.20 Å². The highest BCUT2D eigenvalue weighted by atomic mass is 16.6. The molecule has 1 atom stereocenters. The highest BCUT2D eigenvalue weighted by Crippen LogP contribution is 2.21. The van der Waals surface area contributed by atoms with Gasteiger partial charge in [0, 0.05) is 24.5 Å². The summed E-state index contributed by atoms with van der Waals surface area (Å²) in [6, 6.07) is 13.0. The average Bonchev–Trinajstić information content (AvgIpc) is 3.10. The van der Waals surface area contributed by atoms with Crippen LogP contribution in [-0.2, 0) is 0 Å². The van der Waals surface area contributed by atoms with Crippen LogP contribution < -0.4 is 5.32 Å². The summed E-state index contributed by atoms with van der Waals surface area (Å²) in [6.45, 7) is 2.02. The van der Waals surface area contributed by atoms with Crippen molar-refractivity contribution in [2.45, 2.75) is 13.0 Å². The highest BCUT2D eigenvalue weighted by molar-refractivity contribution is 5.46. The van der Waals surface area contributed by atoms with E-state index >= 15 is 0 Å². The van der Waals surface area contributed by atoms with E-state index in [9.17, 15) is 10.1 Å². The summed E-state index contributed by atoms with van der Waals surface area (Å²) in [5, 5.41) is 18.1. The van der Waals surface area contributed by atoms with Gasteiger partial charge in [0.25, 0.3) is 0 Å². The summed E-state index contributed by atoms with van der Waals surface area (Å²) in [5.41, 5.74) is 2.82.